The third-order valence-electron chi connectivity index (χ3n) is 12.3. The fourth-order valence-corrected chi connectivity index (χ4v) is 14.1. The molecular weight excluding hydrogens is 1280 g/mol. The van der Waals surface area contributed by atoms with Gasteiger partial charge in [0.15, 0.2) is 8.45 Å². The first-order chi connectivity index (χ1) is 42.8. The average Bonchev–Trinajstić information content (AvgIpc) is 1.87. The van der Waals surface area contributed by atoms with E-state index in [9.17, 15) is 18.5 Å². The van der Waals surface area contributed by atoms with Crippen LogP contribution in [0.25, 0.3) is 0 Å². The Labute approximate surface area is 553 Å². The van der Waals surface area contributed by atoms with Crippen LogP contribution >= 0.6 is 40.4 Å². The molecule has 3 aliphatic heterocycles. The number of hydrogen-bond acceptors (Lipinski definition) is 25. The zero-order chi connectivity index (χ0) is 70.8. The normalized spacial score (nSPS) is 19.4. The van der Waals surface area contributed by atoms with Crippen LogP contribution < -0.4 is 0 Å². The van der Waals surface area contributed by atoms with Crippen molar-refractivity contribution >= 4 is 46.4 Å². The Morgan fingerprint density at radius 2 is 1.09 bits per heavy atom. The summed E-state index contributed by atoms with van der Waals surface area (Å²) in [6.07, 6.45) is 17.4. The van der Waals surface area contributed by atoms with Crippen molar-refractivity contribution in [1.82, 2.24) is 14.0 Å². The van der Waals surface area contributed by atoms with Crippen LogP contribution in [-0.4, -0.2) is 211 Å². The lowest BCUT2D eigenvalue weighted by Crippen LogP contribution is -2.40. The van der Waals surface area contributed by atoms with Gasteiger partial charge in [0.25, 0.3) is 8.53 Å². The van der Waals surface area contributed by atoms with E-state index in [1.165, 1.54) is 49.6 Å². The van der Waals surface area contributed by atoms with Gasteiger partial charge in [-0.1, -0.05) is 43.4 Å². The second kappa shape index (κ2) is 57.2. The summed E-state index contributed by atoms with van der Waals surface area (Å²) in [5.74, 6) is -0.277. The van der Waals surface area contributed by atoms with Crippen molar-refractivity contribution < 1.29 is 93.1 Å². The summed E-state index contributed by atoms with van der Waals surface area (Å²) in [6.45, 7) is 37.9. The van der Waals surface area contributed by atoms with Gasteiger partial charge >= 0.3 is 29.4 Å². The van der Waals surface area contributed by atoms with E-state index in [4.69, 9.17) is 76.1 Å². The Bertz CT molecular complexity index is 2090. The average molecular weight is 1400 g/mol. The van der Waals surface area contributed by atoms with Crippen LogP contribution in [0.5, 0.6) is 0 Å². The van der Waals surface area contributed by atoms with E-state index in [1.54, 1.807) is 19.3 Å². The van der Waals surface area contributed by atoms with Gasteiger partial charge in [0.1, 0.15) is 12.2 Å². The van der Waals surface area contributed by atoms with Crippen molar-refractivity contribution in [1.29, 1.82) is 10.5 Å². The smallest absolute Gasteiger partial charge is 0.456 e. The van der Waals surface area contributed by atoms with Gasteiger partial charge in [-0.3, -0.25) is 13.9 Å². The van der Waals surface area contributed by atoms with Crippen LogP contribution in [0.2, 0.25) is 0 Å². The number of aliphatic hydroxyl groups excluding tert-OH is 2. The molecule has 0 saturated carbocycles. The fraction of sp³-hybridized carbons (Fsp3) is 0.820. The Hall–Kier alpha value is -1.89. The van der Waals surface area contributed by atoms with Crippen molar-refractivity contribution in [3.05, 3.63) is 49.1 Å². The predicted octanol–water partition coefficient (Wildman–Crippen LogP) is 13.9. The number of nitriles is 2. The molecule has 0 aromatic carbocycles. The molecule has 0 aliphatic carbocycles. The number of carbonyl (C=O) groups excluding carboxylic acids is 1. The number of esters is 1. The second-order valence-electron chi connectivity index (χ2n) is 22.2. The molecule has 91 heavy (non-hydrogen) atoms. The lowest BCUT2D eigenvalue weighted by atomic mass is 10.1. The topological polar surface area (TPSA) is 295 Å². The maximum absolute atomic E-state index is 12.1. The van der Waals surface area contributed by atoms with E-state index >= 15 is 0 Å². The van der Waals surface area contributed by atoms with Crippen molar-refractivity contribution in [3.8, 4) is 12.1 Å². The molecule has 0 aromatic heterocycles. The molecule has 0 radical (unpaired) electrons. The highest BCUT2D eigenvalue weighted by atomic mass is 31.2. The molecule has 3 heterocycles. The van der Waals surface area contributed by atoms with Gasteiger partial charge in [-0.2, -0.15) is 10.5 Å². The number of ether oxygens (including phenoxy) is 5. The SMILES string of the molecule is C=CC[C@H]1C=C[C@H](OC(C)=O)CO1.CCN(C(C)C)P(OCCC#N)N(C(C)C)C(C)C.CO.COC(C)(C)C.COP(=O)(CCC[C@H]1C=C[C@H](O)CO1)OC.COP(=O)(CCC[C@H]1C=C[C@H](OP(OCCC#N)N(C(C)C)C(C)C)CO1)OC.CO[P+](=O)OC. The molecule has 0 saturated heterocycles. The zero-order valence-electron chi connectivity index (χ0n) is 59.4. The molecule has 0 aromatic rings. The lowest BCUT2D eigenvalue weighted by Gasteiger charge is -2.43. The van der Waals surface area contributed by atoms with Crippen LogP contribution in [0.15, 0.2) is 49.1 Å². The number of methoxy groups -OCH3 is 1. The van der Waals surface area contributed by atoms with Crippen molar-refractivity contribution in [2.75, 3.05) is 109 Å². The van der Waals surface area contributed by atoms with E-state index in [1.807, 2.05) is 51.2 Å². The van der Waals surface area contributed by atoms with Crippen LogP contribution in [0.1, 0.15) is 149 Å². The maximum Gasteiger partial charge on any atom is 0.696 e. The Morgan fingerprint density at radius 3 is 1.40 bits per heavy atom. The monoisotopic (exact) mass is 1400 g/mol. The Balaban J connectivity index is -0.000000534. The number of carbonyl (C=O) groups is 1. The van der Waals surface area contributed by atoms with E-state index < -0.39 is 46.5 Å². The van der Waals surface area contributed by atoms with E-state index in [0.29, 0.717) is 89.2 Å². The molecule has 25 nitrogen and oxygen atoms in total. The Morgan fingerprint density at radius 1 is 0.681 bits per heavy atom. The zero-order valence-corrected chi connectivity index (χ0v) is 63.9. The standard InChI is InChI=1S/C19H36N2O6P2.C14H30N3OP.C10H19O5P.C10H14O3.C5H12O.C2H6O3P.CH4O/c1-16(2)21(17(3)4)28(26-13-8-12-20)27-19-11-10-18(25-15-19)9-7-14-29(22,23-5)24-6;1-8-16(12(2)3)19(18-11-9-10-15)17(13(4)5)14(6)7;1-13-16(12,14-2)7-3-4-10-6-5-9(11)8-15-10;1-3-4-9-5-6-10(7-12-9)13-8(2)11;1-5(2,3)6-4;1-4-6(3)5-2;1-2/h10-11,16-19H,7-9,13-15H2,1-6H3;12-14H,8-9,11H2,1-7H3;5-6,9-11H,3-4,7-8H2,1-2H3;3,5-6,9-10H,1,4,7H2,2H3;1-4H3;1-2H3;2H,1H3/q;;;;;+1;/t18-,19-,28?;;2*9-,10-;;;/m0.00.../s1. The van der Waals surface area contributed by atoms with E-state index in [2.05, 4.69) is 118 Å². The second-order valence-corrected chi connectivity index (χ2v) is 31.3. The lowest BCUT2D eigenvalue weighted by molar-refractivity contribution is -0.147. The quantitative estimate of drug-likeness (QED) is 0.0262. The first kappa shape index (κ1) is 95.5. The van der Waals surface area contributed by atoms with Crippen LogP contribution in [0.4, 0.5) is 0 Å². The summed E-state index contributed by atoms with van der Waals surface area (Å²) in [4.78, 5) is 10.6. The van der Waals surface area contributed by atoms with Gasteiger partial charge < -0.3 is 65.6 Å². The van der Waals surface area contributed by atoms with Gasteiger partial charge in [0.05, 0.1) is 115 Å². The van der Waals surface area contributed by atoms with Gasteiger partial charge in [-0.15, -0.1) is 15.6 Å². The summed E-state index contributed by atoms with van der Waals surface area (Å²) in [7, 11) is 1.14. The number of rotatable bonds is 34. The number of aliphatic hydroxyl groups is 2. The molecule has 0 fully saturated rings. The van der Waals surface area contributed by atoms with Gasteiger partial charge in [-0.05, 0) is 128 Å². The van der Waals surface area contributed by atoms with Crippen LogP contribution in [0, 0.1) is 22.7 Å². The largest absolute Gasteiger partial charge is 0.696 e. The molecular formula is C61H121N5O20P5+. The van der Waals surface area contributed by atoms with Crippen LogP contribution in [0.3, 0.4) is 0 Å². The van der Waals surface area contributed by atoms with Gasteiger partial charge in [0.2, 0.25) is 0 Å². The number of hydrogen-bond donors (Lipinski definition) is 2. The first-order valence-corrected chi connectivity index (χ1v) is 37.6. The third kappa shape index (κ3) is 48.5. The highest BCUT2D eigenvalue weighted by Crippen LogP contribution is 2.51. The molecule has 0 bridgehead atoms. The van der Waals surface area contributed by atoms with Gasteiger partial charge in [-0.25, -0.2) is 14.0 Å². The minimum absolute atomic E-state index is 0.00874. The van der Waals surface area contributed by atoms with Gasteiger partial charge in [0, 0.05) is 90.9 Å². The molecule has 0 amide bonds. The summed E-state index contributed by atoms with van der Waals surface area (Å²) in [5, 5.41) is 33.7. The van der Waals surface area contributed by atoms with E-state index in [0.717, 1.165) is 32.9 Å². The molecule has 2 unspecified atom stereocenters. The molecule has 2 N–H and O–H groups in total. The summed E-state index contributed by atoms with van der Waals surface area (Å²) in [6, 6.07) is 6.07. The molecule has 8 atom stereocenters. The maximum atomic E-state index is 12.1. The van der Waals surface area contributed by atoms with E-state index in [-0.39, 0.29) is 54.2 Å². The van der Waals surface area contributed by atoms with Crippen LogP contribution in [-0.2, 0) is 82.9 Å². The Kier molecular flexibility index (Phi) is 60.0. The minimum atomic E-state index is -2.97. The van der Waals surface area contributed by atoms with Crippen molar-refractivity contribution in [2.24, 2.45) is 0 Å². The predicted molar refractivity (Wildman–Crippen MR) is 364 cm³/mol. The molecule has 3 aliphatic rings. The molecule has 30 heteroatoms. The summed E-state index contributed by atoms with van der Waals surface area (Å²) >= 11 is 0. The highest BCUT2D eigenvalue weighted by Gasteiger charge is 2.33. The summed E-state index contributed by atoms with van der Waals surface area (Å²) in [5.41, 5.74) is 0.0417. The van der Waals surface area contributed by atoms with Crippen molar-refractivity contribution in [2.45, 2.75) is 221 Å². The molecule has 3 rings (SSSR count). The summed E-state index contributed by atoms with van der Waals surface area (Å²) < 4.78 is 113. The highest BCUT2D eigenvalue weighted by molar-refractivity contribution is 7.54. The first-order valence-electron chi connectivity index (χ1n) is 30.7. The minimum Gasteiger partial charge on any atom is -0.456 e. The fourth-order valence-electron chi connectivity index (χ4n) is 7.85. The third-order valence-corrected chi connectivity index (χ3v) is 22.0. The molecule has 0 spiro atoms. The molecule has 534 valence electrons. The number of nitrogens with zero attached hydrogens (tertiary/aromatic N) is 5. The van der Waals surface area contributed by atoms with Crippen molar-refractivity contribution in [3.63, 3.8) is 0 Å².